The van der Waals surface area contributed by atoms with Crippen LogP contribution < -0.4 is 15.4 Å². The standard InChI is InChI=1S/C16H21N5O2/c1-21-16(19-15(20-21)12-7-9-17-10-8-12)18-14(22)11-23-13-5-3-2-4-6-13/h2-6,12,17H,7-11H2,1H3,(H,18,19,20,22). The predicted molar refractivity (Wildman–Crippen MR) is 86.4 cm³/mol. The maximum Gasteiger partial charge on any atom is 0.264 e. The number of rotatable bonds is 5. The number of carbonyl (C=O) groups excluding carboxylic acids is 1. The van der Waals surface area contributed by atoms with Crippen molar-refractivity contribution in [1.29, 1.82) is 0 Å². The lowest BCUT2D eigenvalue weighted by Gasteiger charge is -2.19. The van der Waals surface area contributed by atoms with E-state index in [9.17, 15) is 4.79 Å². The van der Waals surface area contributed by atoms with Crippen molar-refractivity contribution in [2.75, 3.05) is 25.0 Å². The molecular formula is C16H21N5O2. The molecule has 0 unspecified atom stereocenters. The predicted octanol–water partition coefficient (Wildman–Crippen LogP) is 1.30. The topological polar surface area (TPSA) is 81.1 Å². The second-order valence-electron chi connectivity index (χ2n) is 5.59. The van der Waals surface area contributed by atoms with E-state index in [4.69, 9.17) is 4.74 Å². The largest absolute Gasteiger partial charge is 0.484 e. The van der Waals surface area contributed by atoms with Crippen LogP contribution in [-0.4, -0.2) is 40.4 Å². The van der Waals surface area contributed by atoms with Crippen LogP contribution in [0.25, 0.3) is 0 Å². The first-order valence-corrected chi connectivity index (χ1v) is 7.82. The van der Waals surface area contributed by atoms with Gasteiger partial charge in [-0.3, -0.25) is 10.1 Å². The summed E-state index contributed by atoms with van der Waals surface area (Å²) in [4.78, 5) is 16.5. The molecule has 7 nitrogen and oxygen atoms in total. The Hall–Kier alpha value is -2.41. The van der Waals surface area contributed by atoms with Crippen LogP contribution in [-0.2, 0) is 11.8 Å². The number of benzene rings is 1. The van der Waals surface area contributed by atoms with Crippen LogP contribution >= 0.6 is 0 Å². The number of para-hydroxylation sites is 1. The summed E-state index contributed by atoms with van der Waals surface area (Å²) in [6.45, 7) is 1.91. The molecule has 122 valence electrons. The lowest BCUT2D eigenvalue weighted by Crippen LogP contribution is -2.27. The second-order valence-corrected chi connectivity index (χ2v) is 5.59. The molecule has 1 amide bonds. The highest BCUT2D eigenvalue weighted by Gasteiger charge is 2.21. The van der Waals surface area contributed by atoms with Gasteiger partial charge in [0.25, 0.3) is 5.91 Å². The molecule has 3 rings (SSSR count). The van der Waals surface area contributed by atoms with Crippen LogP contribution in [0.15, 0.2) is 30.3 Å². The van der Waals surface area contributed by atoms with Gasteiger partial charge in [0.2, 0.25) is 5.95 Å². The molecule has 1 aromatic carbocycles. The van der Waals surface area contributed by atoms with E-state index in [1.807, 2.05) is 30.3 Å². The molecule has 1 aromatic heterocycles. The molecule has 0 radical (unpaired) electrons. The van der Waals surface area contributed by atoms with Gasteiger partial charge in [-0.15, -0.1) is 0 Å². The number of nitrogens with one attached hydrogen (secondary N) is 2. The Kier molecular flexibility index (Phi) is 4.87. The van der Waals surface area contributed by atoms with Crippen molar-refractivity contribution in [3.63, 3.8) is 0 Å². The average molecular weight is 315 g/mol. The van der Waals surface area contributed by atoms with Crippen LogP contribution in [0, 0.1) is 0 Å². The molecule has 2 aromatic rings. The molecule has 0 aliphatic carbocycles. The van der Waals surface area contributed by atoms with Crippen molar-refractivity contribution in [3.05, 3.63) is 36.2 Å². The van der Waals surface area contributed by atoms with E-state index in [2.05, 4.69) is 20.7 Å². The van der Waals surface area contributed by atoms with Crippen molar-refractivity contribution in [3.8, 4) is 5.75 Å². The number of aryl methyl sites for hydroxylation is 1. The van der Waals surface area contributed by atoms with Crippen LogP contribution in [0.2, 0.25) is 0 Å². The Bertz CT molecular complexity index is 650. The van der Waals surface area contributed by atoms with Gasteiger partial charge in [0.05, 0.1) is 0 Å². The zero-order valence-electron chi connectivity index (χ0n) is 13.2. The summed E-state index contributed by atoms with van der Waals surface area (Å²) in [5.41, 5.74) is 0. The summed E-state index contributed by atoms with van der Waals surface area (Å²) in [6.07, 6.45) is 2.04. The molecule has 0 atom stereocenters. The quantitative estimate of drug-likeness (QED) is 0.869. The highest BCUT2D eigenvalue weighted by atomic mass is 16.5. The highest BCUT2D eigenvalue weighted by molar-refractivity contribution is 5.90. The smallest absolute Gasteiger partial charge is 0.264 e. The maximum atomic E-state index is 12.0. The van der Waals surface area contributed by atoms with Crippen molar-refractivity contribution in [1.82, 2.24) is 20.1 Å². The molecule has 0 bridgehead atoms. The second kappa shape index (κ2) is 7.23. The molecule has 1 saturated heterocycles. The number of piperidine rings is 1. The van der Waals surface area contributed by atoms with Crippen molar-refractivity contribution in [2.24, 2.45) is 7.05 Å². The van der Waals surface area contributed by atoms with Crippen LogP contribution in [0.5, 0.6) is 5.75 Å². The Labute approximate surface area is 135 Å². The van der Waals surface area contributed by atoms with Crippen molar-refractivity contribution >= 4 is 11.9 Å². The summed E-state index contributed by atoms with van der Waals surface area (Å²) in [5, 5.41) is 10.5. The van der Waals surface area contributed by atoms with Crippen molar-refractivity contribution in [2.45, 2.75) is 18.8 Å². The van der Waals surface area contributed by atoms with Gasteiger partial charge < -0.3 is 10.1 Å². The number of aromatic nitrogens is 3. The molecule has 0 spiro atoms. The van der Waals surface area contributed by atoms with E-state index in [1.54, 1.807) is 11.7 Å². The zero-order valence-corrected chi connectivity index (χ0v) is 13.2. The number of carbonyl (C=O) groups is 1. The number of anilines is 1. The fourth-order valence-corrected chi connectivity index (χ4v) is 2.59. The first-order chi connectivity index (χ1) is 11.2. The fraction of sp³-hybridized carbons (Fsp3) is 0.438. The summed E-state index contributed by atoms with van der Waals surface area (Å²) in [5.74, 6) is 2.03. The van der Waals surface area contributed by atoms with Gasteiger partial charge in [0, 0.05) is 13.0 Å². The maximum absolute atomic E-state index is 12.0. The number of hydrogen-bond donors (Lipinski definition) is 2. The third-order valence-corrected chi connectivity index (χ3v) is 3.85. The van der Waals surface area contributed by atoms with E-state index in [0.29, 0.717) is 17.6 Å². The third kappa shape index (κ3) is 4.07. The lowest BCUT2D eigenvalue weighted by atomic mass is 9.98. The molecule has 7 heteroatoms. The van der Waals surface area contributed by atoms with Crippen LogP contribution in [0.3, 0.4) is 0 Å². The van der Waals surface area contributed by atoms with Gasteiger partial charge in [-0.1, -0.05) is 18.2 Å². The van der Waals surface area contributed by atoms with E-state index in [0.717, 1.165) is 31.8 Å². The molecule has 2 heterocycles. The Morgan fingerprint density at radius 1 is 1.35 bits per heavy atom. The Balaban J connectivity index is 1.56. The van der Waals surface area contributed by atoms with Gasteiger partial charge in [0.1, 0.15) is 5.75 Å². The molecule has 1 aliphatic rings. The van der Waals surface area contributed by atoms with Crippen LogP contribution in [0.4, 0.5) is 5.95 Å². The molecule has 2 N–H and O–H groups in total. The molecule has 23 heavy (non-hydrogen) atoms. The van der Waals surface area contributed by atoms with Crippen molar-refractivity contribution < 1.29 is 9.53 Å². The van der Waals surface area contributed by atoms with E-state index >= 15 is 0 Å². The van der Waals surface area contributed by atoms with E-state index in [-0.39, 0.29) is 12.5 Å². The van der Waals surface area contributed by atoms with Gasteiger partial charge in [-0.2, -0.15) is 10.1 Å². The molecule has 1 aliphatic heterocycles. The monoisotopic (exact) mass is 315 g/mol. The molecule has 0 saturated carbocycles. The zero-order chi connectivity index (χ0) is 16.1. The minimum Gasteiger partial charge on any atom is -0.484 e. The number of hydrogen-bond acceptors (Lipinski definition) is 5. The van der Waals surface area contributed by atoms with E-state index in [1.165, 1.54) is 0 Å². The summed E-state index contributed by atoms with van der Waals surface area (Å²) in [6, 6.07) is 9.24. The fourth-order valence-electron chi connectivity index (χ4n) is 2.59. The molecular weight excluding hydrogens is 294 g/mol. The summed E-state index contributed by atoms with van der Waals surface area (Å²) in [7, 11) is 1.78. The van der Waals surface area contributed by atoms with Gasteiger partial charge in [-0.25, -0.2) is 4.68 Å². The number of ether oxygens (including phenoxy) is 1. The first kappa shape index (κ1) is 15.5. The van der Waals surface area contributed by atoms with Gasteiger partial charge in [0.15, 0.2) is 12.4 Å². The van der Waals surface area contributed by atoms with Gasteiger partial charge in [-0.05, 0) is 38.1 Å². The average Bonchev–Trinajstić information content (AvgIpc) is 2.95. The Morgan fingerprint density at radius 2 is 2.09 bits per heavy atom. The van der Waals surface area contributed by atoms with Crippen LogP contribution in [0.1, 0.15) is 24.6 Å². The minimum absolute atomic E-state index is 0.0560. The number of nitrogens with zero attached hydrogens (tertiary/aromatic N) is 3. The third-order valence-electron chi connectivity index (χ3n) is 3.85. The number of amides is 1. The van der Waals surface area contributed by atoms with Gasteiger partial charge >= 0.3 is 0 Å². The highest BCUT2D eigenvalue weighted by Crippen LogP contribution is 2.23. The summed E-state index contributed by atoms with van der Waals surface area (Å²) < 4.78 is 7.03. The minimum atomic E-state index is -0.249. The normalized spacial score (nSPS) is 15.3. The van der Waals surface area contributed by atoms with E-state index < -0.39 is 0 Å². The summed E-state index contributed by atoms with van der Waals surface area (Å²) >= 11 is 0. The Morgan fingerprint density at radius 3 is 2.83 bits per heavy atom. The molecule has 1 fully saturated rings. The lowest BCUT2D eigenvalue weighted by molar-refractivity contribution is -0.118. The SMILES string of the molecule is Cn1nc(C2CCNCC2)nc1NC(=O)COc1ccccc1. The first-order valence-electron chi connectivity index (χ1n) is 7.82.